The lowest BCUT2D eigenvalue weighted by molar-refractivity contribution is -0.138. The molecule has 0 spiro atoms. The van der Waals surface area contributed by atoms with Gasteiger partial charge in [-0.2, -0.15) is 0 Å². The SMILES string of the molecule is CCC1(C)CC(=O)N(CCC=O)N1C. The highest BCUT2D eigenvalue weighted by atomic mass is 16.2. The Balaban J connectivity index is 2.69. The highest BCUT2D eigenvalue weighted by Crippen LogP contribution is 2.31. The summed E-state index contributed by atoms with van der Waals surface area (Å²) in [6.07, 6.45) is 2.75. The molecule has 1 rings (SSSR count). The van der Waals surface area contributed by atoms with Gasteiger partial charge >= 0.3 is 0 Å². The van der Waals surface area contributed by atoms with Crippen molar-refractivity contribution in [3.63, 3.8) is 0 Å². The van der Waals surface area contributed by atoms with Crippen LogP contribution < -0.4 is 0 Å². The summed E-state index contributed by atoms with van der Waals surface area (Å²) in [4.78, 5) is 21.9. The second-order valence-electron chi connectivity index (χ2n) is 4.02. The van der Waals surface area contributed by atoms with Gasteiger partial charge < -0.3 is 4.79 Å². The number of hydrogen-bond acceptors (Lipinski definition) is 3. The average Bonchev–Trinajstić information content (AvgIpc) is 2.37. The quantitative estimate of drug-likeness (QED) is 0.628. The van der Waals surface area contributed by atoms with Crippen LogP contribution in [-0.2, 0) is 9.59 Å². The van der Waals surface area contributed by atoms with E-state index in [2.05, 4.69) is 13.8 Å². The molecule has 4 heteroatoms. The molecule has 4 nitrogen and oxygen atoms in total. The molecular formula is C10H18N2O2. The Hall–Kier alpha value is -0.900. The van der Waals surface area contributed by atoms with Gasteiger partial charge in [-0.05, 0) is 13.3 Å². The van der Waals surface area contributed by atoms with Crippen LogP contribution in [0.2, 0.25) is 0 Å². The number of nitrogens with zero attached hydrogens (tertiary/aromatic N) is 2. The molecule has 1 aliphatic rings. The van der Waals surface area contributed by atoms with Crippen LogP contribution in [0.25, 0.3) is 0 Å². The number of hydrazine groups is 1. The normalized spacial score (nSPS) is 28.5. The monoisotopic (exact) mass is 198 g/mol. The average molecular weight is 198 g/mol. The van der Waals surface area contributed by atoms with Crippen LogP contribution in [0.3, 0.4) is 0 Å². The highest BCUT2D eigenvalue weighted by Gasteiger charge is 2.42. The molecule has 0 bridgehead atoms. The molecule has 1 saturated heterocycles. The van der Waals surface area contributed by atoms with Crippen LogP contribution in [-0.4, -0.2) is 41.3 Å². The topological polar surface area (TPSA) is 40.6 Å². The molecule has 0 N–H and O–H groups in total. The number of carbonyl (C=O) groups is 2. The Bertz CT molecular complexity index is 242. The largest absolute Gasteiger partial charge is 0.303 e. The van der Waals surface area contributed by atoms with E-state index in [1.807, 2.05) is 12.1 Å². The van der Waals surface area contributed by atoms with E-state index in [9.17, 15) is 9.59 Å². The van der Waals surface area contributed by atoms with E-state index in [1.54, 1.807) is 5.01 Å². The van der Waals surface area contributed by atoms with Crippen LogP contribution in [0.4, 0.5) is 0 Å². The maximum atomic E-state index is 11.6. The predicted molar refractivity (Wildman–Crippen MR) is 53.5 cm³/mol. The fraction of sp³-hybridized carbons (Fsp3) is 0.800. The van der Waals surface area contributed by atoms with Gasteiger partial charge in [0, 0.05) is 32.0 Å². The zero-order valence-electron chi connectivity index (χ0n) is 9.12. The first-order valence-electron chi connectivity index (χ1n) is 5.03. The minimum absolute atomic E-state index is 0.0695. The van der Waals surface area contributed by atoms with E-state index in [0.29, 0.717) is 19.4 Å². The molecule has 0 aromatic heterocycles. The van der Waals surface area contributed by atoms with Gasteiger partial charge in [0.25, 0.3) is 0 Å². The van der Waals surface area contributed by atoms with Gasteiger partial charge in [-0.3, -0.25) is 9.80 Å². The van der Waals surface area contributed by atoms with Crippen molar-refractivity contribution < 1.29 is 9.59 Å². The van der Waals surface area contributed by atoms with E-state index in [4.69, 9.17) is 0 Å². The molecule has 0 aromatic rings. The lowest BCUT2D eigenvalue weighted by Gasteiger charge is -2.34. The molecule has 0 aliphatic carbocycles. The van der Waals surface area contributed by atoms with Crippen molar-refractivity contribution in [1.82, 2.24) is 10.0 Å². The first-order chi connectivity index (χ1) is 6.55. The predicted octanol–water partition coefficient (Wildman–Crippen LogP) is 0.823. The summed E-state index contributed by atoms with van der Waals surface area (Å²) < 4.78 is 0. The van der Waals surface area contributed by atoms with Crippen LogP contribution in [0.15, 0.2) is 0 Å². The van der Waals surface area contributed by atoms with Crippen molar-refractivity contribution >= 4 is 12.2 Å². The zero-order valence-corrected chi connectivity index (χ0v) is 9.12. The van der Waals surface area contributed by atoms with Crippen LogP contribution in [0.5, 0.6) is 0 Å². The van der Waals surface area contributed by atoms with Gasteiger partial charge in [0.2, 0.25) is 5.91 Å². The molecule has 1 fully saturated rings. The minimum atomic E-state index is -0.0695. The third-order valence-corrected chi connectivity index (χ3v) is 3.18. The van der Waals surface area contributed by atoms with Crippen LogP contribution in [0.1, 0.15) is 33.1 Å². The lowest BCUT2D eigenvalue weighted by Crippen LogP contribution is -2.45. The first kappa shape index (κ1) is 11.2. The third-order valence-electron chi connectivity index (χ3n) is 3.18. The van der Waals surface area contributed by atoms with Crippen molar-refractivity contribution in [3.05, 3.63) is 0 Å². The van der Waals surface area contributed by atoms with Crippen molar-refractivity contribution in [3.8, 4) is 0 Å². The molecule has 1 atom stereocenters. The second-order valence-corrected chi connectivity index (χ2v) is 4.02. The van der Waals surface area contributed by atoms with Gasteiger partial charge in [-0.15, -0.1) is 0 Å². The maximum absolute atomic E-state index is 11.6. The molecule has 14 heavy (non-hydrogen) atoms. The van der Waals surface area contributed by atoms with Crippen molar-refractivity contribution in [1.29, 1.82) is 0 Å². The molecule has 80 valence electrons. The van der Waals surface area contributed by atoms with Gasteiger partial charge in [-0.1, -0.05) is 6.92 Å². The lowest BCUT2D eigenvalue weighted by atomic mass is 9.96. The number of hydrogen-bond donors (Lipinski definition) is 0. The summed E-state index contributed by atoms with van der Waals surface area (Å²) in [5.74, 6) is 0.124. The van der Waals surface area contributed by atoms with E-state index in [-0.39, 0.29) is 11.4 Å². The summed E-state index contributed by atoms with van der Waals surface area (Å²) in [6.45, 7) is 4.66. The summed E-state index contributed by atoms with van der Waals surface area (Å²) >= 11 is 0. The maximum Gasteiger partial charge on any atom is 0.238 e. The molecule has 1 heterocycles. The summed E-state index contributed by atoms with van der Waals surface area (Å²) in [6, 6.07) is 0. The van der Waals surface area contributed by atoms with Crippen LogP contribution >= 0.6 is 0 Å². The Morgan fingerprint density at radius 3 is 2.64 bits per heavy atom. The number of amides is 1. The molecule has 0 saturated carbocycles. The summed E-state index contributed by atoms with van der Waals surface area (Å²) in [5.41, 5.74) is -0.0695. The number of rotatable bonds is 4. The van der Waals surface area contributed by atoms with Gasteiger partial charge in [0.15, 0.2) is 0 Å². The van der Waals surface area contributed by atoms with Gasteiger partial charge in [-0.25, -0.2) is 5.01 Å². The Morgan fingerprint density at radius 2 is 2.21 bits per heavy atom. The Labute approximate surface area is 84.8 Å². The summed E-state index contributed by atoms with van der Waals surface area (Å²) in [5, 5.41) is 3.65. The molecule has 0 aromatic carbocycles. The Morgan fingerprint density at radius 1 is 1.57 bits per heavy atom. The van der Waals surface area contributed by atoms with E-state index < -0.39 is 0 Å². The first-order valence-corrected chi connectivity index (χ1v) is 5.03. The fourth-order valence-electron chi connectivity index (χ4n) is 1.79. The van der Waals surface area contributed by atoms with Crippen molar-refractivity contribution in [2.45, 2.75) is 38.6 Å². The summed E-state index contributed by atoms with van der Waals surface area (Å²) in [7, 11) is 1.92. The number of carbonyl (C=O) groups excluding carboxylic acids is 2. The molecular weight excluding hydrogens is 180 g/mol. The van der Waals surface area contributed by atoms with E-state index in [1.165, 1.54) is 0 Å². The van der Waals surface area contributed by atoms with Crippen molar-refractivity contribution in [2.75, 3.05) is 13.6 Å². The van der Waals surface area contributed by atoms with Crippen LogP contribution in [0, 0.1) is 0 Å². The number of aldehydes is 1. The molecule has 1 aliphatic heterocycles. The highest BCUT2D eigenvalue weighted by molar-refractivity contribution is 5.79. The second kappa shape index (κ2) is 4.09. The zero-order chi connectivity index (χ0) is 10.8. The molecule has 0 radical (unpaired) electrons. The van der Waals surface area contributed by atoms with E-state index in [0.717, 1.165) is 12.7 Å². The fourth-order valence-corrected chi connectivity index (χ4v) is 1.79. The van der Waals surface area contributed by atoms with E-state index >= 15 is 0 Å². The van der Waals surface area contributed by atoms with Crippen molar-refractivity contribution in [2.24, 2.45) is 0 Å². The standard InChI is InChI=1S/C10H18N2O2/c1-4-10(2)8-9(14)12(11(10)3)6-5-7-13/h7H,4-6,8H2,1-3H3. The van der Waals surface area contributed by atoms with Gasteiger partial charge in [0.05, 0.1) is 0 Å². The molecule has 1 amide bonds. The molecule has 1 unspecified atom stereocenters. The minimum Gasteiger partial charge on any atom is -0.303 e. The Kier molecular flexibility index (Phi) is 3.26. The van der Waals surface area contributed by atoms with Gasteiger partial charge in [0.1, 0.15) is 6.29 Å². The smallest absolute Gasteiger partial charge is 0.238 e. The third kappa shape index (κ3) is 1.80.